The maximum Gasteiger partial charge on any atom is 0.130 e. The van der Waals surface area contributed by atoms with Gasteiger partial charge in [-0.25, -0.2) is 0 Å². The van der Waals surface area contributed by atoms with Gasteiger partial charge in [-0.05, 0) is 18.8 Å². The van der Waals surface area contributed by atoms with E-state index in [9.17, 15) is 0 Å². The molecule has 0 aliphatic carbocycles. The second-order valence-corrected chi connectivity index (χ2v) is 6.12. The van der Waals surface area contributed by atoms with Gasteiger partial charge in [0, 0.05) is 6.04 Å². The molecule has 0 saturated heterocycles. The van der Waals surface area contributed by atoms with Gasteiger partial charge >= 0.3 is 0 Å². The maximum absolute atomic E-state index is 5.00. The van der Waals surface area contributed by atoms with Gasteiger partial charge in [0.15, 0.2) is 0 Å². The van der Waals surface area contributed by atoms with Crippen LogP contribution >= 0.6 is 24.8 Å². The third-order valence-corrected chi connectivity index (χ3v) is 3.06. The van der Waals surface area contributed by atoms with Crippen LogP contribution in [0.5, 0.6) is 0 Å². The van der Waals surface area contributed by atoms with Gasteiger partial charge in [-0.3, -0.25) is 0 Å². The SMILES string of the molecule is CCCCC(CCCCC(C)C)NC(=S)S. The third kappa shape index (κ3) is 10.7. The van der Waals surface area contributed by atoms with Crippen LogP contribution in [0.3, 0.4) is 0 Å². The zero-order valence-electron chi connectivity index (χ0n) is 11.0. The van der Waals surface area contributed by atoms with Crippen molar-refractivity contribution in [3.63, 3.8) is 0 Å². The molecule has 0 heterocycles. The van der Waals surface area contributed by atoms with Gasteiger partial charge in [0.1, 0.15) is 4.32 Å². The van der Waals surface area contributed by atoms with Crippen LogP contribution in [-0.4, -0.2) is 10.4 Å². The first kappa shape index (κ1) is 16.2. The molecule has 16 heavy (non-hydrogen) atoms. The summed E-state index contributed by atoms with van der Waals surface area (Å²) in [6.45, 7) is 6.81. The maximum atomic E-state index is 5.00. The number of unbranched alkanes of at least 4 members (excludes halogenated alkanes) is 2. The number of rotatable bonds is 9. The lowest BCUT2D eigenvalue weighted by Gasteiger charge is -2.18. The van der Waals surface area contributed by atoms with E-state index < -0.39 is 0 Å². The Balaban J connectivity index is 3.68. The fourth-order valence-electron chi connectivity index (χ4n) is 1.86. The van der Waals surface area contributed by atoms with Crippen molar-refractivity contribution in [1.29, 1.82) is 0 Å². The Kier molecular flexibility index (Phi) is 10.6. The monoisotopic (exact) mass is 261 g/mol. The van der Waals surface area contributed by atoms with Crippen LogP contribution in [0.2, 0.25) is 0 Å². The van der Waals surface area contributed by atoms with E-state index in [0.717, 1.165) is 5.92 Å². The van der Waals surface area contributed by atoms with Gasteiger partial charge in [0.25, 0.3) is 0 Å². The standard InChI is InChI=1S/C13H27NS2/c1-4-5-9-12(14-13(15)16)10-7-6-8-11(2)3/h11-12H,4-10H2,1-3H3,(H2,14,15,16). The van der Waals surface area contributed by atoms with E-state index in [-0.39, 0.29) is 0 Å². The van der Waals surface area contributed by atoms with E-state index >= 15 is 0 Å². The van der Waals surface area contributed by atoms with Crippen LogP contribution in [0.25, 0.3) is 0 Å². The Morgan fingerprint density at radius 3 is 2.19 bits per heavy atom. The largest absolute Gasteiger partial charge is 0.368 e. The van der Waals surface area contributed by atoms with Crippen LogP contribution in [0.4, 0.5) is 0 Å². The lowest BCUT2D eigenvalue weighted by atomic mass is 10.00. The van der Waals surface area contributed by atoms with E-state index in [1.165, 1.54) is 44.9 Å². The molecule has 0 amide bonds. The Labute approximate surface area is 112 Å². The molecule has 0 bridgehead atoms. The molecule has 0 spiro atoms. The van der Waals surface area contributed by atoms with Crippen LogP contribution in [-0.2, 0) is 0 Å². The normalized spacial score (nSPS) is 12.8. The molecule has 0 aromatic heterocycles. The molecule has 0 rings (SSSR count). The smallest absolute Gasteiger partial charge is 0.130 e. The van der Waals surface area contributed by atoms with Crippen LogP contribution in [0, 0.1) is 5.92 Å². The highest BCUT2D eigenvalue weighted by Crippen LogP contribution is 2.13. The number of hydrogen-bond acceptors (Lipinski definition) is 1. The number of hydrogen-bond donors (Lipinski definition) is 2. The van der Waals surface area contributed by atoms with Crippen molar-refractivity contribution in [3.05, 3.63) is 0 Å². The van der Waals surface area contributed by atoms with Gasteiger partial charge in [0.2, 0.25) is 0 Å². The molecule has 1 atom stereocenters. The fraction of sp³-hybridized carbons (Fsp3) is 0.923. The summed E-state index contributed by atoms with van der Waals surface area (Å²) in [5, 5.41) is 3.30. The first-order chi connectivity index (χ1) is 7.56. The summed E-state index contributed by atoms with van der Waals surface area (Å²) in [5.41, 5.74) is 0. The molecule has 3 heteroatoms. The lowest BCUT2D eigenvalue weighted by molar-refractivity contribution is 0.456. The van der Waals surface area contributed by atoms with Gasteiger partial charge in [0.05, 0.1) is 0 Å². The molecule has 0 aromatic rings. The summed E-state index contributed by atoms with van der Waals surface area (Å²) in [6.07, 6.45) is 8.96. The molecule has 0 saturated carbocycles. The van der Waals surface area contributed by atoms with Gasteiger partial charge in [-0.1, -0.05) is 65.1 Å². The topological polar surface area (TPSA) is 12.0 Å². The number of nitrogens with one attached hydrogen (secondary N) is 1. The van der Waals surface area contributed by atoms with Crippen molar-refractivity contribution >= 4 is 29.2 Å². The van der Waals surface area contributed by atoms with E-state index in [1.54, 1.807) is 0 Å². The van der Waals surface area contributed by atoms with Crippen molar-refractivity contribution in [1.82, 2.24) is 5.32 Å². The first-order valence-electron chi connectivity index (χ1n) is 6.55. The zero-order chi connectivity index (χ0) is 12.4. The zero-order valence-corrected chi connectivity index (χ0v) is 12.7. The molecule has 1 N–H and O–H groups in total. The van der Waals surface area contributed by atoms with Crippen molar-refractivity contribution in [2.24, 2.45) is 5.92 Å². The molecule has 1 unspecified atom stereocenters. The minimum atomic E-state index is 0.539. The molecule has 0 fully saturated rings. The minimum Gasteiger partial charge on any atom is -0.368 e. The molecular weight excluding hydrogens is 234 g/mol. The van der Waals surface area contributed by atoms with E-state index in [0.29, 0.717) is 10.4 Å². The second-order valence-electron chi connectivity index (χ2n) is 4.97. The summed E-state index contributed by atoms with van der Waals surface area (Å²) in [5.74, 6) is 0.827. The first-order valence-corrected chi connectivity index (χ1v) is 7.41. The van der Waals surface area contributed by atoms with Crippen molar-refractivity contribution < 1.29 is 0 Å². The second kappa shape index (κ2) is 10.4. The fourth-order valence-corrected chi connectivity index (χ4v) is 2.21. The predicted molar refractivity (Wildman–Crippen MR) is 81.3 cm³/mol. The Bertz CT molecular complexity index is 181. The summed E-state index contributed by atoms with van der Waals surface area (Å²) < 4.78 is 0.643. The summed E-state index contributed by atoms with van der Waals surface area (Å²) in [4.78, 5) is 0. The Hall–Kier alpha value is 0.240. The molecule has 1 nitrogen and oxygen atoms in total. The highest BCUT2D eigenvalue weighted by atomic mass is 32.1. The number of thiol groups is 1. The highest BCUT2D eigenvalue weighted by Gasteiger charge is 2.08. The van der Waals surface area contributed by atoms with E-state index in [4.69, 9.17) is 12.2 Å². The molecule has 0 aliphatic heterocycles. The van der Waals surface area contributed by atoms with E-state index in [1.807, 2.05) is 0 Å². The average molecular weight is 262 g/mol. The van der Waals surface area contributed by atoms with Crippen molar-refractivity contribution in [2.75, 3.05) is 0 Å². The molecular formula is C13H27NS2. The van der Waals surface area contributed by atoms with Gasteiger partial charge in [-0.2, -0.15) is 0 Å². The Morgan fingerprint density at radius 1 is 1.12 bits per heavy atom. The molecule has 0 aliphatic rings. The average Bonchev–Trinajstić information content (AvgIpc) is 2.19. The van der Waals surface area contributed by atoms with Crippen molar-refractivity contribution in [2.45, 2.75) is 71.8 Å². The van der Waals surface area contributed by atoms with Crippen LogP contribution in [0.1, 0.15) is 65.7 Å². The van der Waals surface area contributed by atoms with Crippen LogP contribution in [0.15, 0.2) is 0 Å². The summed E-state index contributed by atoms with van der Waals surface area (Å²) >= 11 is 9.15. The summed E-state index contributed by atoms with van der Waals surface area (Å²) in [7, 11) is 0. The van der Waals surface area contributed by atoms with Crippen LogP contribution < -0.4 is 5.32 Å². The minimum absolute atomic E-state index is 0.539. The highest BCUT2D eigenvalue weighted by molar-refractivity contribution is 8.11. The number of thiocarbonyl (C=S) groups is 1. The Morgan fingerprint density at radius 2 is 1.69 bits per heavy atom. The third-order valence-electron chi connectivity index (χ3n) is 2.82. The molecule has 0 aromatic carbocycles. The molecule has 0 radical (unpaired) electrons. The molecule has 96 valence electrons. The predicted octanol–water partition coefficient (Wildman–Crippen LogP) is 4.57. The van der Waals surface area contributed by atoms with Crippen molar-refractivity contribution in [3.8, 4) is 0 Å². The summed E-state index contributed by atoms with van der Waals surface area (Å²) in [6, 6.07) is 0.539. The lowest BCUT2D eigenvalue weighted by Crippen LogP contribution is -2.30. The quantitative estimate of drug-likeness (QED) is 0.358. The van der Waals surface area contributed by atoms with Gasteiger partial charge in [-0.15, -0.1) is 12.6 Å². The van der Waals surface area contributed by atoms with Gasteiger partial charge < -0.3 is 5.32 Å². The van der Waals surface area contributed by atoms with E-state index in [2.05, 4.69) is 38.7 Å².